The summed E-state index contributed by atoms with van der Waals surface area (Å²) in [6.45, 7) is 14.6. The minimum Gasteiger partial charge on any atom is -0.343 e. The van der Waals surface area contributed by atoms with Crippen LogP contribution in [-0.2, 0) is 4.79 Å². The van der Waals surface area contributed by atoms with Crippen molar-refractivity contribution in [2.45, 2.75) is 53.4 Å². The number of rotatable bonds is 5. The van der Waals surface area contributed by atoms with Crippen molar-refractivity contribution in [3.63, 3.8) is 0 Å². The first kappa shape index (κ1) is 16.8. The highest BCUT2D eigenvalue weighted by molar-refractivity contribution is 5.76. The van der Waals surface area contributed by atoms with Gasteiger partial charge in [0.1, 0.15) is 0 Å². The van der Waals surface area contributed by atoms with E-state index in [4.69, 9.17) is 0 Å². The quantitative estimate of drug-likeness (QED) is 0.777. The molecule has 0 unspecified atom stereocenters. The Morgan fingerprint density at radius 2 is 1.52 bits per heavy atom. The maximum absolute atomic E-state index is 12.3. The van der Waals surface area contributed by atoms with Gasteiger partial charge in [-0.15, -0.1) is 0 Å². The number of hydrogen-bond acceptors (Lipinski definition) is 2. The molecule has 0 radical (unpaired) electrons. The second kappa shape index (κ2) is 7.62. The normalized spacial score (nSPS) is 25.2. The van der Waals surface area contributed by atoms with Crippen LogP contribution >= 0.6 is 0 Å². The molecule has 0 saturated carbocycles. The summed E-state index contributed by atoms with van der Waals surface area (Å²) in [6.07, 6.45) is 4.42. The highest BCUT2D eigenvalue weighted by Crippen LogP contribution is 2.26. The third kappa shape index (κ3) is 4.70. The highest BCUT2D eigenvalue weighted by atomic mass is 16.2. The molecular weight excluding hydrogens is 260 g/mol. The lowest BCUT2D eigenvalue weighted by Gasteiger charge is -2.34. The Labute approximate surface area is 131 Å². The zero-order valence-electron chi connectivity index (χ0n) is 14.5. The van der Waals surface area contributed by atoms with E-state index < -0.39 is 0 Å². The first-order valence-electron chi connectivity index (χ1n) is 8.97. The van der Waals surface area contributed by atoms with E-state index in [0.717, 1.165) is 49.7 Å². The van der Waals surface area contributed by atoms with Crippen molar-refractivity contribution in [2.24, 2.45) is 23.7 Å². The molecular formula is C18H34N2O. The molecule has 3 nitrogen and oxygen atoms in total. The van der Waals surface area contributed by atoms with E-state index in [9.17, 15) is 4.79 Å². The topological polar surface area (TPSA) is 23.6 Å². The Bertz CT molecular complexity index is 332. The fraction of sp³-hybridized carbons (Fsp3) is 0.944. The Morgan fingerprint density at radius 1 is 0.952 bits per heavy atom. The fourth-order valence-electron chi connectivity index (χ4n) is 3.84. The van der Waals surface area contributed by atoms with Gasteiger partial charge in [-0.3, -0.25) is 4.79 Å². The van der Waals surface area contributed by atoms with Gasteiger partial charge in [-0.25, -0.2) is 0 Å². The molecule has 1 atom stereocenters. The zero-order chi connectivity index (χ0) is 15.4. The molecule has 2 aliphatic rings. The van der Waals surface area contributed by atoms with E-state index in [2.05, 4.69) is 37.5 Å². The number of carbonyl (C=O) groups excluding carboxylic acids is 1. The number of likely N-dealkylation sites (tertiary alicyclic amines) is 2. The first-order valence-corrected chi connectivity index (χ1v) is 8.97. The maximum Gasteiger partial charge on any atom is 0.223 e. The standard InChI is InChI=1S/C18H34N2O/c1-14(2)16-6-11-20(12-7-16)18(21)8-10-19-9-5-17(13-19)15(3)4/h14-17H,5-13H2,1-4H3/t17-/m0/s1. The van der Waals surface area contributed by atoms with Crippen molar-refractivity contribution < 1.29 is 4.79 Å². The molecule has 0 spiro atoms. The van der Waals surface area contributed by atoms with E-state index in [1.165, 1.54) is 32.4 Å². The lowest BCUT2D eigenvalue weighted by atomic mass is 9.86. The summed E-state index contributed by atoms with van der Waals surface area (Å²) in [4.78, 5) is 16.9. The molecule has 0 bridgehead atoms. The molecule has 0 N–H and O–H groups in total. The van der Waals surface area contributed by atoms with Gasteiger partial charge in [0.25, 0.3) is 0 Å². The molecule has 2 fully saturated rings. The van der Waals surface area contributed by atoms with Crippen LogP contribution in [0.25, 0.3) is 0 Å². The molecule has 1 amide bonds. The second-order valence-corrected chi connectivity index (χ2v) is 7.81. The molecule has 0 aromatic carbocycles. The van der Waals surface area contributed by atoms with Crippen LogP contribution in [0.3, 0.4) is 0 Å². The number of nitrogens with zero attached hydrogens (tertiary/aromatic N) is 2. The third-order valence-corrected chi connectivity index (χ3v) is 5.73. The van der Waals surface area contributed by atoms with Gasteiger partial charge in [-0.1, -0.05) is 27.7 Å². The monoisotopic (exact) mass is 294 g/mol. The first-order chi connectivity index (χ1) is 9.97. The van der Waals surface area contributed by atoms with E-state index in [1.54, 1.807) is 0 Å². The third-order valence-electron chi connectivity index (χ3n) is 5.73. The summed E-state index contributed by atoms with van der Waals surface area (Å²) in [5.41, 5.74) is 0. The van der Waals surface area contributed by atoms with Gasteiger partial charge >= 0.3 is 0 Å². The number of carbonyl (C=O) groups is 1. The number of amides is 1. The van der Waals surface area contributed by atoms with Crippen LogP contribution in [0.1, 0.15) is 53.4 Å². The van der Waals surface area contributed by atoms with Gasteiger partial charge in [0, 0.05) is 32.6 Å². The largest absolute Gasteiger partial charge is 0.343 e. The van der Waals surface area contributed by atoms with Crippen LogP contribution in [0.15, 0.2) is 0 Å². The lowest BCUT2D eigenvalue weighted by molar-refractivity contribution is -0.133. The number of hydrogen-bond donors (Lipinski definition) is 0. The second-order valence-electron chi connectivity index (χ2n) is 7.81. The lowest BCUT2D eigenvalue weighted by Crippen LogP contribution is -2.40. The van der Waals surface area contributed by atoms with Crippen LogP contribution in [0, 0.1) is 23.7 Å². The molecule has 0 aromatic heterocycles. The van der Waals surface area contributed by atoms with Crippen molar-refractivity contribution in [3.8, 4) is 0 Å². The molecule has 0 aliphatic carbocycles. The average Bonchev–Trinajstić information content (AvgIpc) is 2.94. The van der Waals surface area contributed by atoms with Crippen molar-refractivity contribution >= 4 is 5.91 Å². The van der Waals surface area contributed by atoms with Crippen molar-refractivity contribution in [1.82, 2.24) is 9.80 Å². The van der Waals surface area contributed by atoms with Crippen molar-refractivity contribution in [1.29, 1.82) is 0 Å². The van der Waals surface area contributed by atoms with Crippen LogP contribution in [0.2, 0.25) is 0 Å². The predicted molar refractivity (Wildman–Crippen MR) is 88.1 cm³/mol. The summed E-state index contributed by atoms with van der Waals surface area (Å²) < 4.78 is 0. The van der Waals surface area contributed by atoms with Gasteiger partial charge < -0.3 is 9.80 Å². The van der Waals surface area contributed by atoms with Crippen molar-refractivity contribution in [2.75, 3.05) is 32.7 Å². The highest BCUT2D eigenvalue weighted by Gasteiger charge is 2.27. The van der Waals surface area contributed by atoms with Crippen LogP contribution in [0.4, 0.5) is 0 Å². The molecule has 2 rings (SSSR count). The minimum absolute atomic E-state index is 0.380. The molecule has 122 valence electrons. The summed E-state index contributed by atoms with van der Waals surface area (Å²) >= 11 is 0. The van der Waals surface area contributed by atoms with Crippen LogP contribution in [0.5, 0.6) is 0 Å². The summed E-state index contributed by atoms with van der Waals surface area (Å²) in [7, 11) is 0. The van der Waals surface area contributed by atoms with Crippen molar-refractivity contribution in [3.05, 3.63) is 0 Å². The van der Waals surface area contributed by atoms with E-state index >= 15 is 0 Å². The average molecular weight is 294 g/mol. The smallest absolute Gasteiger partial charge is 0.223 e. The molecule has 2 heterocycles. The van der Waals surface area contributed by atoms with Gasteiger partial charge in [0.2, 0.25) is 5.91 Å². The summed E-state index contributed by atoms with van der Waals surface area (Å²) in [6, 6.07) is 0. The number of piperidine rings is 1. The zero-order valence-corrected chi connectivity index (χ0v) is 14.5. The Kier molecular flexibility index (Phi) is 6.09. The Balaban J connectivity index is 1.67. The molecule has 0 aromatic rings. The SMILES string of the molecule is CC(C)C1CCN(C(=O)CCN2CC[C@H](C(C)C)C2)CC1. The van der Waals surface area contributed by atoms with Gasteiger partial charge in [-0.2, -0.15) is 0 Å². The van der Waals surface area contributed by atoms with E-state index in [1.807, 2.05) is 0 Å². The van der Waals surface area contributed by atoms with E-state index in [-0.39, 0.29) is 0 Å². The minimum atomic E-state index is 0.380. The van der Waals surface area contributed by atoms with Gasteiger partial charge in [0.05, 0.1) is 0 Å². The van der Waals surface area contributed by atoms with Crippen LogP contribution in [-0.4, -0.2) is 48.4 Å². The van der Waals surface area contributed by atoms with Crippen LogP contribution < -0.4 is 0 Å². The fourth-order valence-corrected chi connectivity index (χ4v) is 3.84. The van der Waals surface area contributed by atoms with E-state index in [0.29, 0.717) is 5.91 Å². The molecule has 3 heteroatoms. The molecule has 21 heavy (non-hydrogen) atoms. The Hall–Kier alpha value is -0.570. The molecule has 2 saturated heterocycles. The Morgan fingerprint density at radius 3 is 2.05 bits per heavy atom. The van der Waals surface area contributed by atoms with Gasteiger partial charge in [0.15, 0.2) is 0 Å². The molecule has 2 aliphatic heterocycles. The van der Waals surface area contributed by atoms with Gasteiger partial charge in [-0.05, 0) is 49.5 Å². The predicted octanol–water partition coefficient (Wildman–Crippen LogP) is 3.25. The maximum atomic E-state index is 12.3. The summed E-state index contributed by atoms with van der Waals surface area (Å²) in [5.74, 6) is 3.58. The summed E-state index contributed by atoms with van der Waals surface area (Å²) in [5, 5.41) is 0.